The molecule has 1 aromatic carbocycles. The highest BCUT2D eigenvalue weighted by molar-refractivity contribution is 5.78. The minimum atomic E-state index is 0.00118. The predicted molar refractivity (Wildman–Crippen MR) is 84.5 cm³/mol. The molecule has 0 aromatic heterocycles. The van der Waals surface area contributed by atoms with E-state index >= 15 is 0 Å². The second kappa shape index (κ2) is 6.80. The highest BCUT2D eigenvalue weighted by Crippen LogP contribution is 2.27. The van der Waals surface area contributed by atoms with Crippen molar-refractivity contribution >= 4 is 11.6 Å². The van der Waals surface area contributed by atoms with Gasteiger partial charge in [-0.25, -0.2) is 0 Å². The molecule has 0 spiro atoms. The highest BCUT2D eigenvalue weighted by atomic mass is 16.5. The zero-order chi connectivity index (χ0) is 15.4. The number of nitrogen functional groups attached to an aromatic ring is 1. The fraction of sp³-hybridized carbons (Fsp3) is 0.562. The Morgan fingerprint density at radius 3 is 2.67 bits per heavy atom. The number of likely N-dealkylation sites (N-methyl/N-ethyl adjacent to an activating group) is 1. The molecule has 5 nitrogen and oxygen atoms in total. The first-order valence-corrected chi connectivity index (χ1v) is 7.45. The number of piperidine rings is 1. The van der Waals surface area contributed by atoms with E-state index in [-0.39, 0.29) is 12.5 Å². The average molecular weight is 291 g/mol. The number of carbonyl (C=O) groups excluding carboxylic acids is 1. The molecule has 0 saturated carbocycles. The lowest BCUT2D eigenvalue weighted by molar-refractivity contribution is -0.134. The lowest BCUT2D eigenvalue weighted by Crippen LogP contribution is -2.45. The number of carbonyl (C=O) groups is 1. The van der Waals surface area contributed by atoms with Gasteiger partial charge >= 0.3 is 0 Å². The first-order valence-electron chi connectivity index (χ1n) is 7.45. The SMILES string of the molecule is Cc1cc(C)c(OCC(=O)N(C)C2CCNCC2)c(N)c1. The topological polar surface area (TPSA) is 67.6 Å². The Balaban J connectivity index is 1.94. The lowest BCUT2D eigenvalue weighted by atomic mass is 10.1. The van der Waals surface area contributed by atoms with E-state index in [1.165, 1.54) is 0 Å². The van der Waals surface area contributed by atoms with Gasteiger partial charge in [-0.05, 0) is 57.0 Å². The number of nitrogens with one attached hydrogen (secondary N) is 1. The predicted octanol–water partition coefficient (Wildman–Crippen LogP) is 1.47. The largest absolute Gasteiger partial charge is 0.481 e. The quantitative estimate of drug-likeness (QED) is 0.825. The maximum absolute atomic E-state index is 12.2. The summed E-state index contributed by atoms with van der Waals surface area (Å²) in [5, 5.41) is 3.30. The van der Waals surface area contributed by atoms with Crippen molar-refractivity contribution in [3.63, 3.8) is 0 Å². The van der Waals surface area contributed by atoms with Gasteiger partial charge in [-0.1, -0.05) is 6.07 Å². The van der Waals surface area contributed by atoms with Crippen LogP contribution in [-0.2, 0) is 4.79 Å². The van der Waals surface area contributed by atoms with Gasteiger partial charge in [0.1, 0.15) is 5.75 Å². The summed E-state index contributed by atoms with van der Waals surface area (Å²) in [6.45, 7) is 5.90. The minimum Gasteiger partial charge on any atom is -0.481 e. The summed E-state index contributed by atoms with van der Waals surface area (Å²) in [5.41, 5.74) is 8.61. The third-order valence-corrected chi connectivity index (χ3v) is 4.04. The lowest BCUT2D eigenvalue weighted by Gasteiger charge is -2.31. The van der Waals surface area contributed by atoms with Crippen LogP contribution in [0.2, 0.25) is 0 Å². The summed E-state index contributed by atoms with van der Waals surface area (Å²) in [6, 6.07) is 4.18. The minimum absolute atomic E-state index is 0.00118. The van der Waals surface area contributed by atoms with Crippen LogP contribution in [0.15, 0.2) is 12.1 Å². The highest BCUT2D eigenvalue weighted by Gasteiger charge is 2.22. The Bertz CT molecular complexity index is 487. The van der Waals surface area contributed by atoms with Crippen LogP contribution in [0, 0.1) is 13.8 Å². The van der Waals surface area contributed by atoms with Crippen molar-refractivity contribution in [3.05, 3.63) is 23.3 Å². The van der Waals surface area contributed by atoms with E-state index in [0.29, 0.717) is 17.5 Å². The van der Waals surface area contributed by atoms with Gasteiger partial charge in [-0.3, -0.25) is 4.79 Å². The van der Waals surface area contributed by atoms with Crippen LogP contribution in [0.3, 0.4) is 0 Å². The number of ether oxygens (including phenoxy) is 1. The number of hydrogen-bond donors (Lipinski definition) is 2. The summed E-state index contributed by atoms with van der Waals surface area (Å²) < 4.78 is 5.66. The number of rotatable bonds is 4. The van der Waals surface area contributed by atoms with Crippen LogP contribution in [0.4, 0.5) is 5.69 Å². The maximum Gasteiger partial charge on any atom is 0.260 e. The van der Waals surface area contributed by atoms with Crippen LogP contribution < -0.4 is 15.8 Å². The number of amides is 1. The molecule has 1 amide bonds. The molecule has 21 heavy (non-hydrogen) atoms. The molecule has 0 atom stereocenters. The van der Waals surface area contributed by atoms with Crippen LogP contribution in [0.5, 0.6) is 5.75 Å². The summed E-state index contributed by atoms with van der Waals surface area (Å²) >= 11 is 0. The molecule has 2 rings (SSSR count). The van der Waals surface area contributed by atoms with Gasteiger partial charge in [0.2, 0.25) is 0 Å². The van der Waals surface area contributed by atoms with Crippen LogP contribution in [0.1, 0.15) is 24.0 Å². The normalized spacial score (nSPS) is 15.8. The second-order valence-electron chi connectivity index (χ2n) is 5.77. The molecule has 3 N–H and O–H groups in total. The molecule has 0 unspecified atom stereocenters. The Kier molecular flexibility index (Phi) is 5.07. The van der Waals surface area contributed by atoms with Crippen molar-refractivity contribution < 1.29 is 9.53 Å². The fourth-order valence-electron chi connectivity index (χ4n) is 2.82. The van der Waals surface area contributed by atoms with Crippen LogP contribution in [0.25, 0.3) is 0 Å². The Hall–Kier alpha value is -1.75. The summed E-state index contributed by atoms with van der Waals surface area (Å²) in [7, 11) is 1.85. The van der Waals surface area contributed by atoms with E-state index in [4.69, 9.17) is 10.5 Å². The van der Waals surface area contributed by atoms with Crippen LogP contribution >= 0.6 is 0 Å². The van der Waals surface area contributed by atoms with Crippen molar-refractivity contribution in [1.29, 1.82) is 0 Å². The Morgan fingerprint density at radius 1 is 1.38 bits per heavy atom. The Labute approximate surface area is 126 Å². The molecule has 5 heteroatoms. The van der Waals surface area contributed by atoms with Gasteiger partial charge in [-0.15, -0.1) is 0 Å². The molecule has 1 aromatic rings. The molecule has 0 aliphatic carbocycles. The van der Waals surface area contributed by atoms with E-state index in [9.17, 15) is 4.79 Å². The summed E-state index contributed by atoms with van der Waals surface area (Å²) in [5.74, 6) is 0.619. The zero-order valence-electron chi connectivity index (χ0n) is 13.1. The maximum atomic E-state index is 12.2. The monoisotopic (exact) mass is 291 g/mol. The molecule has 116 valence electrons. The number of benzene rings is 1. The second-order valence-corrected chi connectivity index (χ2v) is 5.77. The molecule has 1 heterocycles. The van der Waals surface area contributed by atoms with Gasteiger partial charge in [0.05, 0.1) is 5.69 Å². The molecular formula is C16H25N3O2. The van der Waals surface area contributed by atoms with Gasteiger partial charge in [0.15, 0.2) is 6.61 Å². The van der Waals surface area contributed by atoms with E-state index < -0.39 is 0 Å². The first kappa shape index (κ1) is 15.6. The summed E-state index contributed by atoms with van der Waals surface area (Å²) in [4.78, 5) is 14.1. The molecule has 1 aliphatic heterocycles. The van der Waals surface area contributed by atoms with E-state index in [0.717, 1.165) is 37.1 Å². The first-order chi connectivity index (χ1) is 9.99. The zero-order valence-corrected chi connectivity index (χ0v) is 13.1. The average Bonchev–Trinajstić information content (AvgIpc) is 2.46. The van der Waals surface area contributed by atoms with Crippen molar-refractivity contribution in [3.8, 4) is 5.75 Å². The van der Waals surface area contributed by atoms with Gasteiger partial charge < -0.3 is 20.7 Å². The molecule has 1 fully saturated rings. The molecule has 1 saturated heterocycles. The van der Waals surface area contributed by atoms with Crippen LogP contribution in [-0.4, -0.2) is 43.6 Å². The van der Waals surface area contributed by atoms with E-state index in [1.807, 2.05) is 33.0 Å². The third-order valence-electron chi connectivity index (χ3n) is 4.04. The van der Waals surface area contributed by atoms with Crippen molar-refractivity contribution in [1.82, 2.24) is 10.2 Å². The van der Waals surface area contributed by atoms with Crippen molar-refractivity contribution in [2.45, 2.75) is 32.7 Å². The number of nitrogens with two attached hydrogens (primary N) is 1. The van der Waals surface area contributed by atoms with Crippen molar-refractivity contribution in [2.24, 2.45) is 0 Å². The standard InChI is InChI=1S/C16H25N3O2/c1-11-8-12(2)16(14(17)9-11)21-10-15(20)19(3)13-4-6-18-7-5-13/h8-9,13,18H,4-7,10,17H2,1-3H3. The molecule has 0 radical (unpaired) electrons. The van der Waals surface area contributed by atoms with E-state index in [1.54, 1.807) is 4.90 Å². The van der Waals surface area contributed by atoms with Gasteiger partial charge in [0, 0.05) is 13.1 Å². The Morgan fingerprint density at radius 2 is 2.05 bits per heavy atom. The molecule has 0 bridgehead atoms. The summed E-state index contributed by atoms with van der Waals surface area (Å²) in [6.07, 6.45) is 1.99. The van der Waals surface area contributed by atoms with Gasteiger partial charge in [0.25, 0.3) is 5.91 Å². The van der Waals surface area contributed by atoms with Gasteiger partial charge in [-0.2, -0.15) is 0 Å². The third kappa shape index (κ3) is 3.88. The number of nitrogens with zero attached hydrogens (tertiary/aromatic N) is 1. The number of aryl methyl sites for hydroxylation is 2. The molecule has 1 aliphatic rings. The molecular weight excluding hydrogens is 266 g/mol. The number of anilines is 1. The smallest absolute Gasteiger partial charge is 0.260 e. The van der Waals surface area contributed by atoms with E-state index in [2.05, 4.69) is 5.32 Å². The fourth-order valence-corrected chi connectivity index (χ4v) is 2.82. The van der Waals surface area contributed by atoms with Crippen molar-refractivity contribution in [2.75, 3.05) is 32.5 Å². The number of hydrogen-bond acceptors (Lipinski definition) is 4.